The Bertz CT molecular complexity index is 507. The van der Waals surface area contributed by atoms with Gasteiger partial charge in [0.25, 0.3) is 0 Å². The number of aliphatic hydroxyl groups excluding tert-OH is 1. The number of carbonyl (C=O) groups excluding carboxylic acids is 1. The first kappa shape index (κ1) is 14.9. The largest absolute Gasteiger partial charge is 0.393 e. The average molecular weight is 308 g/mol. The Morgan fingerprint density at radius 3 is 2.62 bits per heavy atom. The third-order valence-corrected chi connectivity index (χ3v) is 5.10. The van der Waals surface area contributed by atoms with Crippen molar-refractivity contribution in [1.29, 1.82) is 0 Å². The van der Waals surface area contributed by atoms with E-state index in [0.29, 0.717) is 23.8 Å². The second-order valence-corrected chi connectivity index (χ2v) is 6.84. The van der Waals surface area contributed by atoms with Gasteiger partial charge in [-0.15, -0.1) is 0 Å². The lowest BCUT2D eigenvalue weighted by molar-refractivity contribution is -0.132. The van der Waals surface area contributed by atoms with Crippen molar-refractivity contribution >= 4 is 17.5 Å². The molecule has 21 heavy (non-hydrogen) atoms. The Balaban J connectivity index is 1.74. The average Bonchev–Trinajstić information content (AvgIpc) is 2.95. The smallest absolute Gasteiger partial charge is 0.223 e. The van der Waals surface area contributed by atoms with Gasteiger partial charge in [-0.25, -0.2) is 0 Å². The topological polar surface area (TPSA) is 49.3 Å². The first-order chi connectivity index (χ1) is 10.1. The van der Waals surface area contributed by atoms with Crippen LogP contribution in [0.15, 0.2) is 24.3 Å². The molecule has 0 saturated heterocycles. The number of aliphatic hydroxyl groups is 1. The molecule has 2 saturated carbocycles. The van der Waals surface area contributed by atoms with E-state index in [1.165, 1.54) is 12.8 Å². The van der Waals surface area contributed by atoms with Gasteiger partial charge in [0.1, 0.15) is 0 Å². The highest BCUT2D eigenvalue weighted by molar-refractivity contribution is 6.30. The van der Waals surface area contributed by atoms with E-state index in [1.54, 1.807) is 0 Å². The summed E-state index contributed by atoms with van der Waals surface area (Å²) in [5, 5.41) is 13.3. The highest BCUT2D eigenvalue weighted by atomic mass is 35.5. The van der Waals surface area contributed by atoms with Crippen molar-refractivity contribution in [1.82, 2.24) is 5.32 Å². The molecule has 1 aromatic carbocycles. The SMILES string of the molecule is O=C(NC(c1cccc(Cl)c1)C1CCCC1)C1CC(O)C1. The minimum absolute atomic E-state index is 0.0249. The van der Waals surface area contributed by atoms with E-state index in [0.717, 1.165) is 18.4 Å². The van der Waals surface area contributed by atoms with Gasteiger partial charge < -0.3 is 10.4 Å². The summed E-state index contributed by atoms with van der Waals surface area (Å²) >= 11 is 6.11. The van der Waals surface area contributed by atoms with E-state index >= 15 is 0 Å². The number of benzene rings is 1. The maximum absolute atomic E-state index is 12.3. The van der Waals surface area contributed by atoms with Crippen molar-refractivity contribution < 1.29 is 9.90 Å². The highest BCUT2D eigenvalue weighted by Crippen LogP contribution is 2.37. The zero-order chi connectivity index (χ0) is 14.8. The summed E-state index contributed by atoms with van der Waals surface area (Å²) in [6.07, 6.45) is 5.68. The fourth-order valence-electron chi connectivity index (χ4n) is 3.54. The summed E-state index contributed by atoms with van der Waals surface area (Å²) in [5.74, 6) is 0.553. The van der Waals surface area contributed by atoms with Gasteiger partial charge in [-0.3, -0.25) is 4.79 Å². The summed E-state index contributed by atoms with van der Waals surface area (Å²) in [7, 11) is 0. The van der Waals surface area contributed by atoms with Crippen LogP contribution in [-0.4, -0.2) is 17.1 Å². The normalized spacial score (nSPS) is 27.1. The third kappa shape index (κ3) is 3.41. The first-order valence-corrected chi connectivity index (χ1v) is 8.25. The van der Waals surface area contributed by atoms with Gasteiger partial charge in [0.05, 0.1) is 12.1 Å². The summed E-state index contributed by atoms with van der Waals surface area (Å²) in [6, 6.07) is 7.86. The van der Waals surface area contributed by atoms with Crippen LogP contribution in [0.25, 0.3) is 0 Å². The van der Waals surface area contributed by atoms with Crippen LogP contribution < -0.4 is 5.32 Å². The Kier molecular flexibility index (Phi) is 4.51. The number of nitrogens with one attached hydrogen (secondary N) is 1. The molecule has 0 radical (unpaired) electrons. The van der Waals surface area contributed by atoms with Crippen LogP contribution in [0.4, 0.5) is 0 Å². The van der Waals surface area contributed by atoms with Crippen molar-refractivity contribution in [2.45, 2.75) is 50.7 Å². The standard InChI is InChI=1S/C17H22ClNO2/c18-14-7-3-6-12(8-14)16(11-4-1-2-5-11)19-17(21)13-9-15(20)10-13/h3,6-8,11,13,15-16,20H,1-2,4-5,9-10H2,(H,19,21). The zero-order valence-corrected chi connectivity index (χ0v) is 12.9. The van der Waals surface area contributed by atoms with Crippen LogP contribution in [-0.2, 0) is 4.79 Å². The number of hydrogen-bond acceptors (Lipinski definition) is 2. The second-order valence-electron chi connectivity index (χ2n) is 6.41. The van der Waals surface area contributed by atoms with Crippen molar-refractivity contribution in [2.75, 3.05) is 0 Å². The lowest BCUT2D eigenvalue weighted by Crippen LogP contribution is -2.43. The third-order valence-electron chi connectivity index (χ3n) is 4.86. The van der Waals surface area contributed by atoms with Gasteiger partial charge in [0, 0.05) is 10.9 Å². The number of hydrogen-bond donors (Lipinski definition) is 2. The predicted molar refractivity (Wildman–Crippen MR) is 83.0 cm³/mol. The van der Waals surface area contributed by atoms with E-state index in [2.05, 4.69) is 5.32 Å². The fraction of sp³-hybridized carbons (Fsp3) is 0.588. The van der Waals surface area contributed by atoms with Gasteiger partial charge in [0.15, 0.2) is 0 Å². The second kappa shape index (κ2) is 6.37. The van der Waals surface area contributed by atoms with Crippen molar-refractivity contribution in [3.05, 3.63) is 34.9 Å². The number of halogens is 1. The van der Waals surface area contributed by atoms with Crippen molar-refractivity contribution in [2.24, 2.45) is 11.8 Å². The maximum atomic E-state index is 12.3. The predicted octanol–water partition coefficient (Wildman–Crippen LogP) is 3.46. The van der Waals surface area contributed by atoms with Crippen LogP contribution in [0.1, 0.15) is 50.1 Å². The molecule has 0 heterocycles. The van der Waals surface area contributed by atoms with Gasteiger partial charge in [0.2, 0.25) is 5.91 Å². The molecular formula is C17H22ClNO2. The van der Waals surface area contributed by atoms with Crippen LogP contribution in [0, 0.1) is 11.8 Å². The van der Waals surface area contributed by atoms with Crippen molar-refractivity contribution in [3.8, 4) is 0 Å². The molecule has 0 spiro atoms. The Morgan fingerprint density at radius 2 is 2.00 bits per heavy atom. The lowest BCUT2D eigenvalue weighted by atomic mass is 9.81. The van der Waals surface area contributed by atoms with Crippen LogP contribution in [0.3, 0.4) is 0 Å². The van der Waals surface area contributed by atoms with Gasteiger partial charge in [-0.05, 0) is 49.3 Å². The van der Waals surface area contributed by atoms with E-state index in [4.69, 9.17) is 11.6 Å². The molecule has 0 bridgehead atoms. The lowest BCUT2D eigenvalue weighted by Gasteiger charge is -2.33. The molecule has 2 aliphatic carbocycles. The van der Waals surface area contributed by atoms with E-state index < -0.39 is 0 Å². The number of carbonyl (C=O) groups is 1. The molecule has 2 N–H and O–H groups in total. The van der Waals surface area contributed by atoms with E-state index in [-0.39, 0.29) is 24.0 Å². The summed E-state index contributed by atoms with van der Waals surface area (Å²) < 4.78 is 0. The Labute approximate surface area is 130 Å². The molecule has 1 unspecified atom stereocenters. The van der Waals surface area contributed by atoms with Gasteiger partial charge in [-0.2, -0.15) is 0 Å². The molecule has 1 amide bonds. The summed E-state index contributed by atoms with van der Waals surface area (Å²) in [4.78, 5) is 12.3. The molecule has 3 rings (SSSR count). The summed E-state index contributed by atoms with van der Waals surface area (Å²) in [6.45, 7) is 0. The molecular weight excluding hydrogens is 286 g/mol. The Hall–Kier alpha value is -1.06. The van der Waals surface area contributed by atoms with Gasteiger partial charge >= 0.3 is 0 Å². The van der Waals surface area contributed by atoms with Crippen LogP contribution in [0.5, 0.6) is 0 Å². The highest BCUT2D eigenvalue weighted by Gasteiger charge is 2.36. The van der Waals surface area contributed by atoms with Crippen molar-refractivity contribution in [3.63, 3.8) is 0 Å². The van der Waals surface area contributed by atoms with Crippen LogP contribution in [0.2, 0.25) is 5.02 Å². The zero-order valence-electron chi connectivity index (χ0n) is 12.1. The molecule has 0 aliphatic heterocycles. The minimum atomic E-state index is -0.295. The summed E-state index contributed by atoms with van der Waals surface area (Å²) in [5.41, 5.74) is 1.10. The van der Waals surface area contributed by atoms with E-state index in [1.807, 2.05) is 24.3 Å². The van der Waals surface area contributed by atoms with Crippen LogP contribution >= 0.6 is 11.6 Å². The molecule has 0 aromatic heterocycles. The monoisotopic (exact) mass is 307 g/mol. The number of amides is 1. The maximum Gasteiger partial charge on any atom is 0.223 e. The minimum Gasteiger partial charge on any atom is -0.393 e. The Morgan fingerprint density at radius 1 is 1.29 bits per heavy atom. The molecule has 4 heteroatoms. The molecule has 2 fully saturated rings. The van der Waals surface area contributed by atoms with Gasteiger partial charge in [-0.1, -0.05) is 36.6 Å². The quantitative estimate of drug-likeness (QED) is 0.895. The molecule has 1 atom stereocenters. The molecule has 3 nitrogen and oxygen atoms in total. The fourth-order valence-corrected chi connectivity index (χ4v) is 3.74. The molecule has 1 aromatic rings. The number of rotatable bonds is 4. The molecule has 114 valence electrons. The molecule has 2 aliphatic rings. The van der Waals surface area contributed by atoms with E-state index in [9.17, 15) is 9.90 Å². The first-order valence-electron chi connectivity index (χ1n) is 7.87.